The molecule has 0 amide bonds. The molecule has 2 rings (SSSR count). The molecule has 0 aliphatic carbocycles. The molecule has 0 saturated carbocycles. The minimum atomic E-state index is -0.767. The molecule has 1 N–H and O–H groups in total. The average molecular weight is 349 g/mol. The van der Waals surface area contributed by atoms with Crippen LogP contribution in [0.2, 0.25) is 5.02 Å². The minimum Gasteiger partial charge on any atom is -0.758 e. The maximum Gasteiger partial charge on any atom is 0.237 e. The quantitative estimate of drug-likeness (QED) is 0.287. The molecule has 0 aliphatic heterocycles. The van der Waals surface area contributed by atoms with Crippen molar-refractivity contribution in [3.63, 3.8) is 0 Å². The number of carbonyl (C=O) groups excluding carboxylic acids is 1. The van der Waals surface area contributed by atoms with E-state index in [-0.39, 0.29) is 17.4 Å². The topological polar surface area (TPSA) is 53.5 Å². The summed E-state index contributed by atoms with van der Waals surface area (Å²) in [6.07, 6.45) is 3.42. The molecule has 0 saturated heterocycles. The summed E-state index contributed by atoms with van der Waals surface area (Å²) >= 11 is 11.5. The van der Waals surface area contributed by atoms with Gasteiger partial charge in [-0.25, -0.2) is 0 Å². The fourth-order valence-electron chi connectivity index (χ4n) is 2.22. The van der Waals surface area contributed by atoms with Crippen LogP contribution in [0, 0.1) is 0 Å². The van der Waals surface area contributed by atoms with Crippen molar-refractivity contribution in [1.82, 2.24) is 0 Å². The number of Topliss-reactive ketones (excluding diaryl/α,β-unsaturated/α-hetero) is 1. The predicted octanol–water partition coefficient (Wildman–Crippen LogP) is 2.51. The van der Waals surface area contributed by atoms with E-state index in [1.807, 2.05) is 6.92 Å². The van der Waals surface area contributed by atoms with Crippen molar-refractivity contribution >= 4 is 35.1 Å². The molecular weight excluding hydrogens is 332 g/mol. The number of nitrogens with zero attached hydrogens (tertiary/aromatic N) is 2. The summed E-state index contributed by atoms with van der Waals surface area (Å²) in [6.45, 7) is 2.23. The minimum absolute atomic E-state index is 0.120. The van der Waals surface area contributed by atoms with Gasteiger partial charge >= 0.3 is 0 Å². The van der Waals surface area contributed by atoms with Crippen molar-refractivity contribution in [2.75, 3.05) is 6.54 Å². The normalized spacial score (nSPS) is 12.9. The van der Waals surface area contributed by atoms with E-state index in [0.717, 1.165) is 0 Å². The number of aliphatic hydroxyl groups excluding tert-OH is 1. The van der Waals surface area contributed by atoms with Crippen LogP contribution in [0.25, 0.3) is 0 Å². The maximum atomic E-state index is 13.0. The Bertz CT molecular complexity index is 734. The maximum absolute atomic E-state index is 13.0. The molecule has 23 heavy (non-hydrogen) atoms. The number of halogens is 1. The number of rotatable bonds is 6. The molecule has 1 atom stereocenters. The Kier molecular flexibility index (Phi) is 6.21. The number of benzene rings is 1. The summed E-state index contributed by atoms with van der Waals surface area (Å²) in [4.78, 5) is 17.2. The van der Waals surface area contributed by atoms with E-state index in [1.54, 1.807) is 53.4 Å². The average Bonchev–Trinajstić information content (AvgIpc) is 2.56. The van der Waals surface area contributed by atoms with E-state index in [4.69, 9.17) is 24.2 Å². The number of carbonyl (C=O) groups is 1. The number of hydrogen-bond acceptors (Lipinski definition) is 4. The zero-order valence-corrected chi connectivity index (χ0v) is 14.2. The lowest BCUT2D eigenvalue weighted by atomic mass is 10.0. The van der Waals surface area contributed by atoms with Gasteiger partial charge in [0.1, 0.15) is 0 Å². The van der Waals surface area contributed by atoms with Gasteiger partial charge in [-0.3, -0.25) is 4.79 Å². The van der Waals surface area contributed by atoms with Crippen LogP contribution in [0.5, 0.6) is 0 Å². The predicted molar refractivity (Wildman–Crippen MR) is 92.7 cm³/mol. The van der Waals surface area contributed by atoms with Gasteiger partial charge in [0.2, 0.25) is 11.8 Å². The Hall–Kier alpha value is -1.82. The molecule has 0 spiro atoms. The standard InChI is InChI=1S/C17H17ClN2O2S/c1-2-19-17(23)15(20-9-5-6-12(10-20)11-21)16(22)13-7-3-4-8-14(13)18/h3-10,15,21H,2,11H2,1H3. The van der Waals surface area contributed by atoms with Gasteiger partial charge in [0, 0.05) is 23.7 Å². The van der Waals surface area contributed by atoms with Crippen LogP contribution < -0.4 is 4.57 Å². The van der Waals surface area contributed by atoms with E-state index < -0.39 is 6.04 Å². The molecule has 0 bridgehead atoms. The van der Waals surface area contributed by atoms with Crippen molar-refractivity contribution in [1.29, 1.82) is 0 Å². The third-order valence-corrected chi connectivity index (χ3v) is 3.98. The molecular formula is C17H17ClN2O2S. The molecule has 0 aliphatic rings. The summed E-state index contributed by atoms with van der Waals surface area (Å²) in [6, 6.07) is 9.62. The van der Waals surface area contributed by atoms with Crippen LogP contribution in [-0.4, -0.2) is 22.5 Å². The number of pyridine rings is 1. The number of ketones is 1. The number of hydrogen-bond donors (Lipinski definition) is 1. The lowest BCUT2D eigenvalue weighted by Crippen LogP contribution is -2.48. The van der Waals surface area contributed by atoms with Crippen molar-refractivity contribution in [2.24, 2.45) is 4.99 Å². The lowest BCUT2D eigenvalue weighted by molar-refractivity contribution is -0.692. The fraction of sp³-hybridized carbons (Fsp3) is 0.235. The van der Waals surface area contributed by atoms with Crippen LogP contribution in [0.3, 0.4) is 0 Å². The molecule has 120 valence electrons. The van der Waals surface area contributed by atoms with Crippen LogP contribution >= 0.6 is 11.6 Å². The Labute approximate surface area is 145 Å². The Morgan fingerprint density at radius 2 is 2.09 bits per heavy atom. The highest BCUT2D eigenvalue weighted by atomic mass is 35.5. The first-order valence-electron chi connectivity index (χ1n) is 7.19. The first-order valence-corrected chi connectivity index (χ1v) is 7.97. The second-order valence-electron chi connectivity index (χ2n) is 4.88. The SMILES string of the molecule is CCN=C([S-])C(C(=O)c1ccccc1Cl)[n+]1cccc(CO)c1. The van der Waals surface area contributed by atoms with Crippen molar-refractivity contribution in [3.05, 3.63) is 64.9 Å². The van der Waals surface area contributed by atoms with Crippen molar-refractivity contribution < 1.29 is 14.5 Å². The van der Waals surface area contributed by atoms with Crippen LogP contribution in [0.1, 0.15) is 28.9 Å². The van der Waals surface area contributed by atoms with Gasteiger partial charge in [-0.2, -0.15) is 4.57 Å². The summed E-state index contributed by atoms with van der Waals surface area (Å²) in [5.74, 6) is -0.224. The molecule has 1 heterocycles. The van der Waals surface area contributed by atoms with E-state index in [0.29, 0.717) is 22.7 Å². The highest BCUT2D eigenvalue weighted by Crippen LogP contribution is 2.20. The van der Waals surface area contributed by atoms with Crippen LogP contribution in [-0.2, 0) is 19.2 Å². The molecule has 0 fully saturated rings. The molecule has 1 aromatic heterocycles. The molecule has 0 radical (unpaired) electrons. The van der Waals surface area contributed by atoms with E-state index in [9.17, 15) is 9.90 Å². The summed E-state index contributed by atoms with van der Waals surface area (Å²) in [5, 5.41) is 9.97. The summed E-state index contributed by atoms with van der Waals surface area (Å²) in [7, 11) is 0. The zero-order chi connectivity index (χ0) is 16.8. The van der Waals surface area contributed by atoms with Gasteiger partial charge in [-0.15, -0.1) is 0 Å². The van der Waals surface area contributed by atoms with Crippen LogP contribution in [0.4, 0.5) is 0 Å². The number of aromatic nitrogens is 1. The van der Waals surface area contributed by atoms with Gasteiger partial charge in [0.15, 0.2) is 12.4 Å². The number of aliphatic imine (C=N–C) groups is 1. The van der Waals surface area contributed by atoms with Gasteiger partial charge < -0.3 is 22.7 Å². The molecule has 4 nitrogen and oxygen atoms in total. The van der Waals surface area contributed by atoms with Gasteiger partial charge in [0.25, 0.3) is 0 Å². The highest BCUT2D eigenvalue weighted by Gasteiger charge is 2.29. The fourth-order valence-corrected chi connectivity index (χ4v) is 2.81. The van der Waals surface area contributed by atoms with Crippen molar-refractivity contribution in [2.45, 2.75) is 19.6 Å². The Balaban J connectivity index is 2.52. The molecule has 6 heteroatoms. The van der Waals surface area contributed by atoms with E-state index in [1.165, 1.54) is 0 Å². The Morgan fingerprint density at radius 3 is 2.74 bits per heavy atom. The van der Waals surface area contributed by atoms with E-state index in [2.05, 4.69) is 4.99 Å². The lowest BCUT2D eigenvalue weighted by Gasteiger charge is -2.19. The van der Waals surface area contributed by atoms with Crippen LogP contribution in [0.15, 0.2) is 53.8 Å². The monoisotopic (exact) mass is 348 g/mol. The summed E-state index contributed by atoms with van der Waals surface area (Å²) < 4.78 is 1.67. The van der Waals surface area contributed by atoms with Gasteiger partial charge in [-0.1, -0.05) is 23.7 Å². The first-order chi connectivity index (χ1) is 11.1. The van der Waals surface area contributed by atoms with Crippen molar-refractivity contribution in [3.8, 4) is 0 Å². The first kappa shape index (κ1) is 17.5. The highest BCUT2D eigenvalue weighted by molar-refractivity contribution is 7.77. The zero-order valence-electron chi connectivity index (χ0n) is 12.6. The number of aliphatic hydroxyl groups is 1. The second kappa shape index (κ2) is 8.15. The largest absolute Gasteiger partial charge is 0.758 e. The smallest absolute Gasteiger partial charge is 0.237 e. The third kappa shape index (κ3) is 4.13. The Morgan fingerprint density at radius 1 is 1.35 bits per heavy atom. The van der Waals surface area contributed by atoms with E-state index >= 15 is 0 Å². The molecule has 1 aromatic carbocycles. The molecule has 2 aromatic rings. The van der Waals surface area contributed by atoms with Gasteiger partial charge in [0.05, 0.1) is 11.6 Å². The van der Waals surface area contributed by atoms with Gasteiger partial charge in [-0.05, 0) is 30.2 Å². The third-order valence-electron chi connectivity index (χ3n) is 3.30. The second-order valence-corrected chi connectivity index (χ2v) is 5.70. The molecule has 1 unspecified atom stereocenters. The summed E-state index contributed by atoms with van der Waals surface area (Å²) in [5.41, 5.74) is 1.08.